The molecule has 0 unspecified atom stereocenters. The standard InChI is InChI=1S/C21H24N2O3S/c24-21(22-19-10-9-16-5-4-6-18(16)15-19)17-11-13-23(14-12-17)27(25,26)20-7-2-1-3-8-20/h1-3,7-10,15,17H,4-6,11-14H2,(H,22,24). The van der Waals surface area contributed by atoms with E-state index in [1.165, 1.54) is 21.9 Å². The van der Waals surface area contributed by atoms with Gasteiger partial charge < -0.3 is 5.32 Å². The second-order valence-electron chi connectivity index (χ2n) is 7.32. The molecule has 2 aliphatic rings. The van der Waals surface area contributed by atoms with E-state index in [2.05, 4.69) is 17.4 Å². The maximum absolute atomic E-state index is 12.7. The molecule has 0 saturated carbocycles. The van der Waals surface area contributed by atoms with Crippen LogP contribution in [0.1, 0.15) is 30.4 Å². The van der Waals surface area contributed by atoms with Crippen molar-refractivity contribution in [2.45, 2.75) is 37.0 Å². The summed E-state index contributed by atoms with van der Waals surface area (Å²) in [4.78, 5) is 12.9. The fraction of sp³-hybridized carbons (Fsp3) is 0.381. The summed E-state index contributed by atoms with van der Waals surface area (Å²) in [6.45, 7) is 0.749. The van der Waals surface area contributed by atoms with E-state index < -0.39 is 10.0 Å². The van der Waals surface area contributed by atoms with Gasteiger partial charge in [0.1, 0.15) is 0 Å². The van der Waals surface area contributed by atoms with Gasteiger partial charge in [-0.3, -0.25) is 4.79 Å². The highest BCUT2D eigenvalue weighted by Crippen LogP contribution is 2.27. The highest BCUT2D eigenvalue weighted by Gasteiger charge is 2.32. The molecule has 1 fully saturated rings. The van der Waals surface area contributed by atoms with Crippen LogP contribution >= 0.6 is 0 Å². The highest BCUT2D eigenvalue weighted by atomic mass is 32.2. The zero-order chi connectivity index (χ0) is 18.9. The molecule has 1 saturated heterocycles. The lowest BCUT2D eigenvalue weighted by atomic mass is 9.97. The van der Waals surface area contributed by atoms with Crippen molar-refractivity contribution in [3.8, 4) is 0 Å². The third-order valence-electron chi connectivity index (χ3n) is 5.57. The first-order valence-electron chi connectivity index (χ1n) is 9.52. The number of piperidine rings is 1. The summed E-state index contributed by atoms with van der Waals surface area (Å²) >= 11 is 0. The van der Waals surface area contributed by atoms with Crippen LogP contribution in [0.4, 0.5) is 5.69 Å². The van der Waals surface area contributed by atoms with Crippen molar-refractivity contribution in [3.05, 3.63) is 59.7 Å². The van der Waals surface area contributed by atoms with Crippen LogP contribution < -0.4 is 5.32 Å². The van der Waals surface area contributed by atoms with Crippen molar-refractivity contribution < 1.29 is 13.2 Å². The van der Waals surface area contributed by atoms with Crippen molar-refractivity contribution >= 4 is 21.6 Å². The number of benzene rings is 2. The van der Waals surface area contributed by atoms with Gasteiger partial charge in [-0.1, -0.05) is 24.3 Å². The predicted octanol–water partition coefficient (Wildman–Crippen LogP) is 3.21. The van der Waals surface area contributed by atoms with Gasteiger partial charge in [0.05, 0.1) is 4.90 Å². The van der Waals surface area contributed by atoms with Crippen LogP contribution in [0.25, 0.3) is 0 Å². The van der Waals surface area contributed by atoms with Crippen LogP contribution in [0.5, 0.6) is 0 Å². The second-order valence-corrected chi connectivity index (χ2v) is 9.26. The van der Waals surface area contributed by atoms with E-state index >= 15 is 0 Å². The lowest BCUT2D eigenvalue weighted by Gasteiger charge is -2.30. The van der Waals surface area contributed by atoms with Crippen molar-refractivity contribution in [2.24, 2.45) is 5.92 Å². The summed E-state index contributed by atoms with van der Waals surface area (Å²) in [7, 11) is -3.48. The largest absolute Gasteiger partial charge is 0.326 e. The van der Waals surface area contributed by atoms with Crippen molar-refractivity contribution in [2.75, 3.05) is 18.4 Å². The number of anilines is 1. The molecule has 1 heterocycles. The lowest BCUT2D eigenvalue weighted by Crippen LogP contribution is -2.41. The van der Waals surface area contributed by atoms with Crippen LogP contribution in [0, 0.1) is 5.92 Å². The van der Waals surface area contributed by atoms with E-state index in [9.17, 15) is 13.2 Å². The number of carbonyl (C=O) groups is 1. The van der Waals surface area contributed by atoms with Crippen molar-refractivity contribution in [1.29, 1.82) is 0 Å². The van der Waals surface area contributed by atoms with Gasteiger partial charge in [-0.05, 0) is 67.5 Å². The monoisotopic (exact) mass is 384 g/mol. The summed E-state index contributed by atoms with van der Waals surface area (Å²) in [5.41, 5.74) is 3.56. The highest BCUT2D eigenvalue weighted by molar-refractivity contribution is 7.89. The normalized spacial score (nSPS) is 18.2. The first-order valence-corrected chi connectivity index (χ1v) is 11.0. The minimum Gasteiger partial charge on any atom is -0.326 e. The molecular weight excluding hydrogens is 360 g/mol. The number of nitrogens with zero attached hydrogens (tertiary/aromatic N) is 1. The first kappa shape index (κ1) is 18.2. The molecule has 1 amide bonds. The van der Waals surface area contributed by atoms with Gasteiger partial charge in [0.25, 0.3) is 0 Å². The molecule has 5 nitrogen and oxygen atoms in total. The van der Waals surface area contributed by atoms with E-state index in [4.69, 9.17) is 0 Å². The molecule has 6 heteroatoms. The van der Waals surface area contributed by atoms with Gasteiger partial charge in [-0.2, -0.15) is 4.31 Å². The summed E-state index contributed by atoms with van der Waals surface area (Å²) in [6, 6.07) is 14.6. The Morgan fingerprint density at radius 1 is 0.963 bits per heavy atom. The first-order chi connectivity index (χ1) is 13.0. The van der Waals surface area contributed by atoms with Gasteiger partial charge in [0, 0.05) is 24.7 Å². The summed E-state index contributed by atoms with van der Waals surface area (Å²) in [6.07, 6.45) is 4.47. The second kappa shape index (κ2) is 7.44. The smallest absolute Gasteiger partial charge is 0.243 e. The van der Waals surface area contributed by atoms with Gasteiger partial charge in [0.15, 0.2) is 0 Å². The van der Waals surface area contributed by atoms with Crippen LogP contribution in [0.2, 0.25) is 0 Å². The number of nitrogens with one attached hydrogen (secondary N) is 1. The Hall–Kier alpha value is -2.18. The molecular formula is C21H24N2O3S. The molecule has 142 valence electrons. The predicted molar refractivity (Wildman–Crippen MR) is 105 cm³/mol. The number of carbonyl (C=O) groups excluding carboxylic acids is 1. The van der Waals surface area contributed by atoms with Crippen LogP contribution in [-0.2, 0) is 27.7 Å². The summed E-state index contributed by atoms with van der Waals surface area (Å²) < 4.78 is 26.9. The molecule has 2 aromatic rings. The van der Waals surface area contributed by atoms with Crippen molar-refractivity contribution in [3.63, 3.8) is 0 Å². The Morgan fingerprint density at radius 3 is 2.41 bits per heavy atom. The number of amides is 1. The number of hydrogen-bond donors (Lipinski definition) is 1. The van der Waals surface area contributed by atoms with E-state index in [0.29, 0.717) is 30.8 Å². The van der Waals surface area contributed by atoms with Gasteiger partial charge in [0.2, 0.25) is 15.9 Å². The third-order valence-corrected chi connectivity index (χ3v) is 7.48. The Labute approximate surface area is 160 Å². The molecule has 1 aliphatic heterocycles. The zero-order valence-electron chi connectivity index (χ0n) is 15.2. The van der Waals surface area contributed by atoms with E-state index in [0.717, 1.165) is 18.5 Å². The Balaban J connectivity index is 1.37. The topological polar surface area (TPSA) is 66.5 Å². The number of sulfonamides is 1. The van der Waals surface area contributed by atoms with Crippen LogP contribution in [0.15, 0.2) is 53.4 Å². The van der Waals surface area contributed by atoms with Gasteiger partial charge in [-0.15, -0.1) is 0 Å². The lowest BCUT2D eigenvalue weighted by molar-refractivity contribution is -0.120. The minimum atomic E-state index is -3.48. The SMILES string of the molecule is O=C(Nc1ccc2c(c1)CCC2)C1CCN(S(=O)(=O)c2ccccc2)CC1. The summed E-state index contributed by atoms with van der Waals surface area (Å²) in [5, 5.41) is 3.02. The molecule has 0 spiro atoms. The molecule has 2 aromatic carbocycles. The molecule has 0 atom stereocenters. The maximum Gasteiger partial charge on any atom is 0.243 e. The van der Waals surface area contributed by atoms with Crippen LogP contribution in [0.3, 0.4) is 0 Å². The van der Waals surface area contributed by atoms with E-state index in [1.807, 2.05) is 6.07 Å². The van der Waals surface area contributed by atoms with Gasteiger partial charge >= 0.3 is 0 Å². The molecule has 0 aromatic heterocycles. The summed E-state index contributed by atoms with van der Waals surface area (Å²) in [5.74, 6) is -0.162. The van der Waals surface area contributed by atoms with Crippen LogP contribution in [-0.4, -0.2) is 31.7 Å². The average molecular weight is 385 g/mol. The number of aryl methyl sites for hydroxylation is 2. The third kappa shape index (κ3) is 3.77. The molecule has 1 N–H and O–H groups in total. The minimum absolute atomic E-state index is 0.00953. The van der Waals surface area contributed by atoms with E-state index in [1.54, 1.807) is 30.3 Å². The quantitative estimate of drug-likeness (QED) is 0.880. The number of hydrogen-bond acceptors (Lipinski definition) is 3. The fourth-order valence-electron chi connectivity index (χ4n) is 3.99. The Kier molecular flexibility index (Phi) is 5.02. The Bertz CT molecular complexity index is 933. The molecule has 4 rings (SSSR count). The van der Waals surface area contributed by atoms with Gasteiger partial charge in [-0.25, -0.2) is 8.42 Å². The zero-order valence-corrected chi connectivity index (χ0v) is 16.0. The maximum atomic E-state index is 12.7. The number of fused-ring (bicyclic) bond motifs is 1. The van der Waals surface area contributed by atoms with E-state index in [-0.39, 0.29) is 11.8 Å². The molecule has 0 radical (unpaired) electrons. The molecule has 0 bridgehead atoms. The average Bonchev–Trinajstić information content (AvgIpc) is 3.16. The molecule has 27 heavy (non-hydrogen) atoms. The Morgan fingerprint density at radius 2 is 1.67 bits per heavy atom. The molecule has 1 aliphatic carbocycles. The van der Waals surface area contributed by atoms with Crippen molar-refractivity contribution in [1.82, 2.24) is 4.31 Å². The number of rotatable bonds is 4. The fourth-order valence-corrected chi connectivity index (χ4v) is 5.48.